The van der Waals surface area contributed by atoms with E-state index < -0.39 is 0 Å². The van der Waals surface area contributed by atoms with Crippen molar-refractivity contribution in [1.82, 2.24) is 15.1 Å². The van der Waals surface area contributed by atoms with Gasteiger partial charge in [0.05, 0.1) is 26.2 Å². The van der Waals surface area contributed by atoms with Crippen molar-refractivity contribution < 1.29 is 19.3 Å². The standard InChI is InChI=1S/C22H31N5O3/c28-20(23-19-6-7-19)16-25-12-14-26(15-13-25)21(29)17-8-10-27(11-9-17)22(30)24-18-4-2-1-3-5-18/h1-5,17,19H,6-16H2,(H,23,28)(H,24,30)/p+1. The number of hydrogen-bond acceptors (Lipinski definition) is 3. The zero-order chi connectivity index (χ0) is 20.9. The Labute approximate surface area is 177 Å². The largest absolute Gasteiger partial charge is 0.348 e. The highest BCUT2D eigenvalue weighted by molar-refractivity contribution is 5.89. The Morgan fingerprint density at radius 2 is 1.57 bits per heavy atom. The highest BCUT2D eigenvalue weighted by atomic mass is 16.2. The smallest absolute Gasteiger partial charge is 0.321 e. The second-order valence-electron chi connectivity index (χ2n) is 8.65. The molecule has 4 amide bonds. The lowest BCUT2D eigenvalue weighted by molar-refractivity contribution is -0.896. The molecule has 2 saturated heterocycles. The van der Waals surface area contributed by atoms with Crippen molar-refractivity contribution in [2.24, 2.45) is 5.92 Å². The van der Waals surface area contributed by atoms with E-state index in [9.17, 15) is 14.4 Å². The number of para-hydroxylation sites is 1. The van der Waals surface area contributed by atoms with Gasteiger partial charge in [-0.25, -0.2) is 4.79 Å². The van der Waals surface area contributed by atoms with Gasteiger partial charge >= 0.3 is 6.03 Å². The van der Waals surface area contributed by atoms with E-state index in [1.54, 1.807) is 4.90 Å². The van der Waals surface area contributed by atoms with Gasteiger partial charge in [0.15, 0.2) is 6.54 Å². The van der Waals surface area contributed by atoms with E-state index in [1.807, 2.05) is 35.2 Å². The fraction of sp³-hybridized carbons (Fsp3) is 0.591. The van der Waals surface area contributed by atoms with Crippen LogP contribution in [0.15, 0.2) is 30.3 Å². The van der Waals surface area contributed by atoms with E-state index in [0.29, 0.717) is 51.6 Å². The number of benzene rings is 1. The molecule has 8 heteroatoms. The molecular formula is C22H32N5O3+. The van der Waals surface area contributed by atoms with Gasteiger partial charge in [0.2, 0.25) is 5.91 Å². The summed E-state index contributed by atoms with van der Waals surface area (Å²) in [5.74, 6) is 0.332. The van der Waals surface area contributed by atoms with Crippen molar-refractivity contribution in [3.05, 3.63) is 30.3 Å². The summed E-state index contributed by atoms with van der Waals surface area (Å²) in [7, 11) is 0. The molecule has 2 heterocycles. The maximum Gasteiger partial charge on any atom is 0.321 e. The maximum absolute atomic E-state index is 12.9. The molecule has 0 spiro atoms. The molecule has 0 radical (unpaired) electrons. The van der Waals surface area contributed by atoms with E-state index in [-0.39, 0.29) is 23.8 Å². The fourth-order valence-corrected chi connectivity index (χ4v) is 4.27. The maximum atomic E-state index is 12.9. The normalized spacial score (nSPS) is 20.7. The number of quaternary nitrogens is 1. The molecule has 1 saturated carbocycles. The Hall–Kier alpha value is -2.61. The van der Waals surface area contributed by atoms with Crippen molar-refractivity contribution in [1.29, 1.82) is 0 Å². The monoisotopic (exact) mass is 414 g/mol. The molecule has 8 nitrogen and oxygen atoms in total. The molecule has 162 valence electrons. The topological polar surface area (TPSA) is 86.2 Å². The van der Waals surface area contributed by atoms with Gasteiger partial charge < -0.3 is 25.3 Å². The Morgan fingerprint density at radius 1 is 0.900 bits per heavy atom. The minimum Gasteiger partial charge on any atom is -0.348 e. The number of piperazine rings is 1. The second-order valence-corrected chi connectivity index (χ2v) is 8.65. The number of carbonyl (C=O) groups excluding carboxylic acids is 3. The second kappa shape index (κ2) is 9.47. The molecule has 1 aliphatic carbocycles. The lowest BCUT2D eigenvalue weighted by Gasteiger charge is -2.37. The van der Waals surface area contributed by atoms with Gasteiger partial charge in [-0.05, 0) is 37.8 Å². The molecule has 0 unspecified atom stereocenters. The summed E-state index contributed by atoms with van der Waals surface area (Å²) < 4.78 is 0. The summed E-state index contributed by atoms with van der Waals surface area (Å²) in [6.45, 7) is 4.76. The zero-order valence-corrected chi connectivity index (χ0v) is 17.4. The summed E-state index contributed by atoms with van der Waals surface area (Å²) >= 11 is 0. The number of amides is 4. The number of nitrogens with one attached hydrogen (secondary N) is 3. The molecule has 3 N–H and O–H groups in total. The highest BCUT2D eigenvalue weighted by Crippen LogP contribution is 2.21. The van der Waals surface area contributed by atoms with Gasteiger partial charge in [0.1, 0.15) is 0 Å². The van der Waals surface area contributed by atoms with Crippen molar-refractivity contribution >= 4 is 23.5 Å². The van der Waals surface area contributed by atoms with Crippen LogP contribution in [0.5, 0.6) is 0 Å². The number of rotatable bonds is 5. The molecule has 3 aliphatic rings. The van der Waals surface area contributed by atoms with Crippen molar-refractivity contribution in [2.75, 3.05) is 51.1 Å². The van der Waals surface area contributed by atoms with E-state index in [0.717, 1.165) is 31.6 Å². The van der Waals surface area contributed by atoms with E-state index >= 15 is 0 Å². The van der Waals surface area contributed by atoms with Crippen LogP contribution in [0.3, 0.4) is 0 Å². The van der Waals surface area contributed by atoms with Gasteiger partial charge in [-0.3, -0.25) is 9.59 Å². The van der Waals surface area contributed by atoms with Gasteiger partial charge in [-0.2, -0.15) is 0 Å². The predicted octanol–water partition coefficient (Wildman–Crippen LogP) is -0.0638. The first-order valence-corrected chi connectivity index (χ1v) is 11.1. The Kier molecular flexibility index (Phi) is 6.52. The third kappa shape index (κ3) is 5.50. The van der Waals surface area contributed by atoms with Gasteiger partial charge in [-0.15, -0.1) is 0 Å². The lowest BCUT2D eigenvalue weighted by Crippen LogP contribution is -3.15. The average molecular weight is 415 g/mol. The third-order valence-corrected chi connectivity index (χ3v) is 6.29. The minimum absolute atomic E-state index is 0.00881. The summed E-state index contributed by atoms with van der Waals surface area (Å²) in [5, 5.41) is 5.95. The van der Waals surface area contributed by atoms with E-state index in [2.05, 4.69) is 10.6 Å². The van der Waals surface area contributed by atoms with E-state index in [1.165, 1.54) is 4.90 Å². The first kappa shape index (κ1) is 20.7. The number of nitrogens with zero attached hydrogens (tertiary/aromatic N) is 2. The Morgan fingerprint density at radius 3 is 2.20 bits per heavy atom. The SMILES string of the molecule is O=C(C[NH+]1CCN(C(=O)C2CCN(C(=O)Nc3ccccc3)CC2)CC1)NC1CC1. The first-order chi connectivity index (χ1) is 14.6. The fourth-order valence-electron chi connectivity index (χ4n) is 4.27. The van der Waals surface area contributed by atoms with Gasteiger partial charge in [-0.1, -0.05) is 18.2 Å². The minimum atomic E-state index is -0.103. The third-order valence-electron chi connectivity index (χ3n) is 6.29. The molecule has 0 aromatic heterocycles. The van der Waals surface area contributed by atoms with Crippen molar-refractivity contribution in [3.63, 3.8) is 0 Å². The number of carbonyl (C=O) groups is 3. The molecule has 3 fully saturated rings. The number of urea groups is 1. The van der Waals surface area contributed by atoms with Crippen LogP contribution < -0.4 is 15.5 Å². The Balaban J connectivity index is 1.17. The van der Waals surface area contributed by atoms with Gasteiger partial charge in [0.25, 0.3) is 5.91 Å². The molecule has 1 aromatic carbocycles. The van der Waals surface area contributed by atoms with Crippen LogP contribution in [0.2, 0.25) is 0 Å². The summed E-state index contributed by atoms with van der Waals surface area (Å²) in [5.41, 5.74) is 0.784. The molecule has 0 bridgehead atoms. The van der Waals surface area contributed by atoms with Crippen LogP contribution in [0.1, 0.15) is 25.7 Å². The lowest BCUT2D eigenvalue weighted by atomic mass is 9.95. The highest BCUT2D eigenvalue weighted by Gasteiger charge is 2.33. The number of likely N-dealkylation sites (tertiary alicyclic amines) is 1. The number of hydrogen-bond donors (Lipinski definition) is 3. The van der Waals surface area contributed by atoms with Crippen molar-refractivity contribution in [3.8, 4) is 0 Å². The molecule has 1 aromatic rings. The first-order valence-electron chi connectivity index (χ1n) is 11.1. The predicted molar refractivity (Wildman–Crippen MR) is 113 cm³/mol. The van der Waals surface area contributed by atoms with Gasteiger partial charge in [0, 0.05) is 30.7 Å². The molecule has 0 atom stereocenters. The molecule has 2 aliphatic heterocycles. The number of anilines is 1. The van der Waals surface area contributed by atoms with Crippen LogP contribution in [0.4, 0.5) is 10.5 Å². The number of piperidine rings is 1. The van der Waals surface area contributed by atoms with Crippen LogP contribution >= 0.6 is 0 Å². The Bertz CT molecular complexity index is 751. The summed E-state index contributed by atoms with van der Waals surface area (Å²) in [6, 6.07) is 9.73. The van der Waals surface area contributed by atoms with Crippen LogP contribution in [0, 0.1) is 5.92 Å². The molecular weight excluding hydrogens is 382 g/mol. The van der Waals surface area contributed by atoms with Crippen molar-refractivity contribution in [2.45, 2.75) is 31.7 Å². The average Bonchev–Trinajstić information content (AvgIpc) is 3.58. The zero-order valence-electron chi connectivity index (χ0n) is 17.4. The van der Waals surface area contributed by atoms with E-state index in [4.69, 9.17) is 0 Å². The quantitative estimate of drug-likeness (QED) is 0.631. The summed E-state index contributed by atoms with van der Waals surface area (Å²) in [4.78, 5) is 42.3. The molecule has 30 heavy (non-hydrogen) atoms. The van der Waals surface area contributed by atoms with Crippen LogP contribution in [-0.2, 0) is 9.59 Å². The summed E-state index contributed by atoms with van der Waals surface area (Å²) in [6.07, 6.45) is 3.63. The molecule has 4 rings (SSSR count). The van der Waals surface area contributed by atoms with Crippen LogP contribution in [-0.4, -0.2) is 79.5 Å². The van der Waals surface area contributed by atoms with Crippen LogP contribution in [0.25, 0.3) is 0 Å².